The molecular weight excluding hydrogens is 467 g/mol. The smallest absolute Gasteiger partial charge is 0.310 e. The molecule has 0 spiro atoms. The lowest BCUT2D eigenvalue weighted by Gasteiger charge is -2.41. The number of benzene rings is 1. The largest absolute Gasteiger partial charge is 0.332 e. The van der Waals surface area contributed by atoms with Crippen molar-refractivity contribution in [3.8, 4) is 0 Å². The third kappa shape index (κ3) is 4.36. The van der Waals surface area contributed by atoms with Crippen molar-refractivity contribution in [1.29, 1.82) is 0 Å². The van der Waals surface area contributed by atoms with Gasteiger partial charge in [-0.15, -0.1) is 0 Å². The predicted molar refractivity (Wildman–Crippen MR) is 102 cm³/mol. The molecule has 2 aromatic heterocycles. The van der Waals surface area contributed by atoms with Crippen LogP contribution in [0.3, 0.4) is 0 Å². The highest BCUT2D eigenvalue weighted by Crippen LogP contribution is 3.02. The normalized spacial score (nSPS) is 21.2. The second kappa shape index (κ2) is 6.33. The molecule has 3 heterocycles. The molecule has 1 aromatic carbocycles. The first-order valence-corrected chi connectivity index (χ1v) is 11.2. The third-order valence-corrected chi connectivity index (χ3v) is 6.19. The zero-order chi connectivity index (χ0) is 23.6. The Labute approximate surface area is 176 Å². The highest BCUT2D eigenvalue weighted by atomic mass is 32.5. The molecule has 1 aliphatic heterocycles. The van der Waals surface area contributed by atoms with Crippen LogP contribution in [0.15, 0.2) is 41.6 Å². The molecule has 0 bridgehead atoms. The van der Waals surface area contributed by atoms with Gasteiger partial charge in [-0.05, 0) is 31.2 Å². The van der Waals surface area contributed by atoms with E-state index in [1.807, 2.05) is 0 Å². The minimum atomic E-state index is -10.0. The summed E-state index contributed by atoms with van der Waals surface area (Å²) in [7, 11) is -10.0. The zero-order valence-corrected chi connectivity index (χ0v) is 17.2. The van der Waals surface area contributed by atoms with E-state index < -0.39 is 51.4 Å². The van der Waals surface area contributed by atoms with Gasteiger partial charge < -0.3 is 4.90 Å². The van der Waals surface area contributed by atoms with Crippen molar-refractivity contribution >= 4 is 21.9 Å². The van der Waals surface area contributed by atoms with E-state index in [4.69, 9.17) is 0 Å². The summed E-state index contributed by atoms with van der Waals surface area (Å²) in [4.78, 5) is 19.2. The number of alkyl halides is 2. The Hall–Kier alpha value is -2.90. The van der Waals surface area contributed by atoms with E-state index in [1.165, 1.54) is 16.9 Å². The van der Waals surface area contributed by atoms with Gasteiger partial charge in [0.05, 0.1) is 12.2 Å². The maximum absolute atomic E-state index is 14.5. The number of carbonyl (C=O) groups excluding carboxylic acids is 1. The standard InChI is InChI=1S/C18H16F7N5OS/c1-11-5-15(30-17(28-11)26-10-27-30)13-7-18(19,20)9-29(8-13)16(31)12-3-2-4-14(6-12)32(21,22,23,24)25/h2-6,10,13H,7-9H2,1H3. The first kappa shape index (κ1) is 22.3. The maximum atomic E-state index is 14.5. The number of hydrogen-bond donors (Lipinski definition) is 0. The Kier molecular flexibility index (Phi) is 4.41. The Balaban J connectivity index is 1.70. The van der Waals surface area contributed by atoms with Crippen LogP contribution in [0, 0.1) is 6.92 Å². The molecule has 1 saturated heterocycles. The van der Waals surface area contributed by atoms with Crippen molar-refractivity contribution in [1.82, 2.24) is 24.5 Å². The number of nitrogens with zero attached hydrogens (tertiary/aromatic N) is 5. The first-order chi connectivity index (χ1) is 14.5. The third-order valence-electron chi connectivity index (χ3n) is 5.05. The lowest BCUT2D eigenvalue weighted by Crippen LogP contribution is -2.49. The molecule has 0 N–H and O–H groups in total. The molecule has 0 radical (unpaired) electrons. The summed E-state index contributed by atoms with van der Waals surface area (Å²) in [6.07, 6.45) is 0.529. The van der Waals surface area contributed by atoms with E-state index in [1.54, 1.807) is 6.92 Å². The average molecular weight is 483 g/mol. The van der Waals surface area contributed by atoms with E-state index in [2.05, 4.69) is 15.1 Å². The van der Waals surface area contributed by atoms with Gasteiger partial charge >= 0.3 is 10.2 Å². The molecule has 4 rings (SSSR count). The van der Waals surface area contributed by atoms with Crippen molar-refractivity contribution in [2.24, 2.45) is 0 Å². The van der Waals surface area contributed by atoms with Crippen LogP contribution in [0.2, 0.25) is 0 Å². The van der Waals surface area contributed by atoms with Crippen LogP contribution in [-0.4, -0.2) is 49.4 Å². The molecule has 1 fully saturated rings. The number of piperidine rings is 1. The van der Waals surface area contributed by atoms with Crippen LogP contribution >= 0.6 is 10.2 Å². The molecule has 0 aliphatic carbocycles. The van der Waals surface area contributed by atoms with E-state index >= 15 is 0 Å². The lowest BCUT2D eigenvalue weighted by atomic mass is 9.91. The number of carbonyl (C=O) groups is 1. The fourth-order valence-corrected chi connectivity index (χ4v) is 4.44. The highest BCUT2D eigenvalue weighted by Gasteiger charge is 2.65. The minimum Gasteiger partial charge on any atom is -0.332 e. The Morgan fingerprint density at radius 1 is 1.16 bits per heavy atom. The number of hydrogen-bond acceptors (Lipinski definition) is 4. The van der Waals surface area contributed by atoms with Gasteiger partial charge in [-0.25, -0.2) is 18.3 Å². The molecule has 174 valence electrons. The van der Waals surface area contributed by atoms with Crippen LogP contribution in [0.25, 0.3) is 5.78 Å². The molecule has 1 amide bonds. The van der Waals surface area contributed by atoms with Gasteiger partial charge in [0, 0.05) is 30.1 Å². The quantitative estimate of drug-likeness (QED) is 0.471. The number of halogens is 7. The number of rotatable bonds is 3. The van der Waals surface area contributed by atoms with Gasteiger partial charge in [0.2, 0.25) is 0 Å². The van der Waals surface area contributed by atoms with Gasteiger partial charge in [-0.1, -0.05) is 25.5 Å². The molecule has 1 aliphatic rings. The van der Waals surface area contributed by atoms with Crippen LogP contribution in [0.5, 0.6) is 0 Å². The van der Waals surface area contributed by atoms with Crippen molar-refractivity contribution in [3.63, 3.8) is 0 Å². The Bertz CT molecular complexity index is 1230. The van der Waals surface area contributed by atoms with Gasteiger partial charge in [0.25, 0.3) is 17.6 Å². The molecule has 1 atom stereocenters. The number of fused-ring (bicyclic) bond motifs is 1. The summed E-state index contributed by atoms with van der Waals surface area (Å²) in [5.74, 6) is -5.37. The van der Waals surface area contributed by atoms with E-state index in [0.29, 0.717) is 22.4 Å². The van der Waals surface area contributed by atoms with Gasteiger partial charge in [0.15, 0.2) is 0 Å². The molecular formula is C18H16F7N5OS. The zero-order valence-electron chi connectivity index (χ0n) is 16.4. The fraction of sp³-hybridized carbons (Fsp3) is 0.333. The van der Waals surface area contributed by atoms with Crippen LogP contribution in [0.4, 0.5) is 28.2 Å². The molecule has 3 aromatic rings. The summed E-state index contributed by atoms with van der Waals surface area (Å²) in [6, 6.07) is 3.17. The minimum absolute atomic E-state index is 0.00213. The van der Waals surface area contributed by atoms with Crippen molar-refractivity contribution < 1.29 is 33.0 Å². The van der Waals surface area contributed by atoms with Crippen LogP contribution in [0.1, 0.15) is 34.1 Å². The average Bonchev–Trinajstić information content (AvgIpc) is 3.12. The second-order valence-electron chi connectivity index (χ2n) is 7.73. The highest BCUT2D eigenvalue weighted by molar-refractivity contribution is 8.45. The van der Waals surface area contributed by atoms with E-state index in [0.717, 1.165) is 6.07 Å². The summed E-state index contributed by atoms with van der Waals surface area (Å²) in [5, 5.41) is 3.95. The molecule has 14 heteroatoms. The number of amides is 1. The fourth-order valence-electron chi connectivity index (χ4n) is 3.75. The summed E-state index contributed by atoms with van der Waals surface area (Å²) in [6.45, 7) is 0.272. The Morgan fingerprint density at radius 2 is 1.88 bits per heavy atom. The predicted octanol–water partition coefficient (Wildman–Crippen LogP) is 5.36. The molecule has 32 heavy (non-hydrogen) atoms. The number of aryl methyl sites for hydroxylation is 1. The van der Waals surface area contributed by atoms with Crippen LogP contribution in [-0.2, 0) is 0 Å². The van der Waals surface area contributed by atoms with Gasteiger partial charge in [-0.2, -0.15) is 10.1 Å². The molecule has 0 saturated carbocycles. The monoisotopic (exact) mass is 483 g/mol. The van der Waals surface area contributed by atoms with E-state index in [9.17, 15) is 33.0 Å². The van der Waals surface area contributed by atoms with Crippen molar-refractivity contribution in [3.05, 3.63) is 53.6 Å². The first-order valence-electron chi connectivity index (χ1n) is 9.21. The van der Waals surface area contributed by atoms with Crippen LogP contribution < -0.4 is 0 Å². The second-order valence-corrected chi connectivity index (χ2v) is 10.1. The number of aromatic nitrogens is 4. The van der Waals surface area contributed by atoms with Crippen molar-refractivity contribution in [2.75, 3.05) is 13.1 Å². The summed E-state index contributed by atoms with van der Waals surface area (Å²) >= 11 is 0. The molecule has 1 unspecified atom stereocenters. The molecule has 6 nitrogen and oxygen atoms in total. The summed E-state index contributed by atoms with van der Waals surface area (Å²) in [5.41, 5.74) is 0.00259. The van der Waals surface area contributed by atoms with Gasteiger partial charge in [-0.3, -0.25) is 4.79 Å². The SMILES string of the molecule is Cc1cc(C2CN(C(=O)c3cccc(S(F)(F)(F)(F)F)c3)CC(F)(F)C2)n2ncnc2n1. The van der Waals surface area contributed by atoms with E-state index in [-0.39, 0.29) is 24.5 Å². The summed E-state index contributed by atoms with van der Waals surface area (Å²) < 4.78 is 96.0. The van der Waals surface area contributed by atoms with Crippen molar-refractivity contribution in [2.45, 2.75) is 30.1 Å². The Morgan fingerprint density at radius 3 is 2.56 bits per heavy atom. The van der Waals surface area contributed by atoms with Gasteiger partial charge in [0.1, 0.15) is 11.2 Å². The lowest BCUT2D eigenvalue weighted by molar-refractivity contribution is -0.0641. The number of likely N-dealkylation sites (tertiary alicyclic amines) is 1. The maximum Gasteiger partial charge on any atom is 0.310 e. The topological polar surface area (TPSA) is 63.4 Å².